The summed E-state index contributed by atoms with van der Waals surface area (Å²) in [6.07, 6.45) is 2.91. The molecule has 1 amide bonds. The third-order valence-electron chi connectivity index (χ3n) is 3.92. The Bertz CT molecular complexity index is 461. The maximum Gasteiger partial charge on any atom is 0.225 e. The predicted octanol–water partition coefficient (Wildman–Crippen LogP) is 1.36. The maximum atomic E-state index is 12.2. The van der Waals surface area contributed by atoms with Crippen LogP contribution in [0.1, 0.15) is 30.9 Å². The minimum Gasteiger partial charge on any atom is -0.491 e. The molecular weight excluding hydrogens is 228 g/mol. The lowest BCUT2D eigenvalue weighted by atomic mass is 10.0. The summed E-state index contributed by atoms with van der Waals surface area (Å²) in [5.41, 5.74) is 7.02. The smallest absolute Gasteiger partial charge is 0.225 e. The number of carbonyl (C=O) groups excluding carboxylic acids is 1. The van der Waals surface area contributed by atoms with Gasteiger partial charge in [0.25, 0.3) is 0 Å². The number of fused-ring (bicyclic) bond motifs is 1. The predicted molar refractivity (Wildman–Crippen MR) is 68.1 cm³/mol. The zero-order valence-electron chi connectivity index (χ0n) is 10.3. The number of para-hydroxylation sites is 1. The van der Waals surface area contributed by atoms with Gasteiger partial charge in [-0.2, -0.15) is 0 Å². The third-order valence-corrected chi connectivity index (χ3v) is 3.92. The van der Waals surface area contributed by atoms with Crippen LogP contribution in [-0.4, -0.2) is 18.6 Å². The van der Waals surface area contributed by atoms with E-state index < -0.39 is 0 Å². The molecule has 0 spiro atoms. The lowest BCUT2D eigenvalue weighted by molar-refractivity contribution is -0.126. The molecule has 18 heavy (non-hydrogen) atoms. The van der Waals surface area contributed by atoms with Crippen LogP contribution in [0.15, 0.2) is 24.3 Å². The first kappa shape index (κ1) is 11.5. The molecule has 3 atom stereocenters. The molecule has 0 bridgehead atoms. The number of ether oxygens (including phenoxy) is 1. The Morgan fingerprint density at radius 3 is 2.94 bits per heavy atom. The van der Waals surface area contributed by atoms with E-state index in [1.54, 1.807) is 0 Å². The van der Waals surface area contributed by atoms with E-state index in [0.717, 1.165) is 30.6 Å². The van der Waals surface area contributed by atoms with E-state index in [9.17, 15) is 4.79 Å². The monoisotopic (exact) mass is 246 g/mol. The van der Waals surface area contributed by atoms with Crippen LogP contribution in [0.5, 0.6) is 5.75 Å². The van der Waals surface area contributed by atoms with Crippen LogP contribution in [0.2, 0.25) is 0 Å². The SMILES string of the molecule is NC1CCCC1C(=O)NC1COc2ccccc21. The largest absolute Gasteiger partial charge is 0.491 e. The summed E-state index contributed by atoms with van der Waals surface area (Å²) in [5.74, 6) is 0.918. The molecule has 2 aliphatic rings. The molecule has 1 saturated carbocycles. The molecule has 96 valence electrons. The van der Waals surface area contributed by atoms with E-state index in [4.69, 9.17) is 10.5 Å². The molecule has 1 heterocycles. The zero-order valence-corrected chi connectivity index (χ0v) is 10.3. The van der Waals surface area contributed by atoms with Crippen molar-refractivity contribution in [3.63, 3.8) is 0 Å². The summed E-state index contributed by atoms with van der Waals surface area (Å²) >= 11 is 0. The summed E-state index contributed by atoms with van der Waals surface area (Å²) in [6, 6.07) is 7.83. The molecule has 1 aliphatic carbocycles. The maximum absolute atomic E-state index is 12.2. The molecule has 4 heteroatoms. The second-order valence-electron chi connectivity index (χ2n) is 5.11. The van der Waals surface area contributed by atoms with Gasteiger partial charge >= 0.3 is 0 Å². The van der Waals surface area contributed by atoms with Gasteiger partial charge in [-0.15, -0.1) is 0 Å². The van der Waals surface area contributed by atoms with Gasteiger partial charge in [-0.1, -0.05) is 24.6 Å². The third kappa shape index (κ3) is 1.97. The molecule has 3 N–H and O–H groups in total. The van der Waals surface area contributed by atoms with E-state index in [0.29, 0.717) is 6.61 Å². The zero-order chi connectivity index (χ0) is 12.5. The lowest BCUT2D eigenvalue weighted by Gasteiger charge is -2.18. The van der Waals surface area contributed by atoms with E-state index in [1.165, 1.54) is 0 Å². The summed E-state index contributed by atoms with van der Waals surface area (Å²) in [7, 11) is 0. The van der Waals surface area contributed by atoms with Crippen LogP contribution in [0.3, 0.4) is 0 Å². The molecule has 3 unspecified atom stereocenters. The molecule has 0 saturated heterocycles. The highest BCUT2D eigenvalue weighted by atomic mass is 16.5. The Labute approximate surface area is 107 Å². The standard InChI is InChI=1S/C14H18N2O2/c15-11-6-3-5-9(11)14(17)16-12-8-18-13-7-2-1-4-10(12)13/h1-2,4,7,9,11-12H,3,5-6,8,15H2,(H,16,17). The number of nitrogens with one attached hydrogen (secondary N) is 1. The number of rotatable bonds is 2. The van der Waals surface area contributed by atoms with E-state index >= 15 is 0 Å². The van der Waals surface area contributed by atoms with Gasteiger partial charge in [0.2, 0.25) is 5.91 Å². The van der Waals surface area contributed by atoms with Crippen LogP contribution in [-0.2, 0) is 4.79 Å². The van der Waals surface area contributed by atoms with Gasteiger partial charge in [0, 0.05) is 11.6 Å². The minimum atomic E-state index is -0.0298. The summed E-state index contributed by atoms with van der Waals surface area (Å²) in [4.78, 5) is 12.2. The van der Waals surface area contributed by atoms with Crippen molar-refractivity contribution >= 4 is 5.91 Å². The normalized spacial score (nSPS) is 29.7. The van der Waals surface area contributed by atoms with Gasteiger partial charge in [0.15, 0.2) is 0 Å². The first-order valence-corrected chi connectivity index (χ1v) is 6.53. The fraction of sp³-hybridized carbons (Fsp3) is 0.500. The lowest BCUT2D eigenvalue weighted by Crippen LogP contribution is -2.40. The van der Waals surface area contributed by atoms with Gasteiger partial charge < -0.3 is 15.8 Å². The van der Waals surface area contributed by atoms with E-state index in [-0.39, 0.29) is 23.9 Å². The minimum absolute atomic E-state index is 0.0163. The van der Waals surface area contributed by atoms with Crippen LogP contribution in [0, 0.1) is 5.92 Å². The van der Waals surface area contributed by atoms with Gasteiger partial charge in [0.05, 0.1) is 12.0 Å². The summed E-state index contributed by atoms with van der Waals surface area (Å²) < 4.78 is 5.56. The molecule has 1 aromatic carbocycles. The fourth-order valence-corrected chi connectivity index (χ4v) is 2.88. The molecule has 1 fully saturated rings. The molecule has 4 nitrogen and oxygen atoms in total. The van der Waals surface area contributed by atoms with Crippen LogP contribution in [0.25, 0.3) is 0 Å². The Morgan fingerprint density at radius 2 is 2.17 bits per heavy atom. The Morgan fingerprint density at radius 1 is 1.33 bits per heavy atom. The molecule has 0 radical (unpaired) electrons. The van der Waals surface area contributed by atoms with Crippen molar-refractivity contribution in [3.8, 4) is 5.75 Å². The van der Waals surface area contributed by atoms with Crippen molar-refractivity contribution in [2.75, 3.05) is 6.61 Å². The highest BCUT2D eigenvalue weighted by Gasteiger charge is 2.33. The number of hydrogen-bond acceptors (Lipinski definition) is 3. The highest BCUT2D eigenvalue weighted by molar-refractivity contribution is 5.80. The van der Waals surface area contributed by atoms with Crippen molar-refractivity contribution in [1.29, 1.82) is 0 Å². The Kier molecular flexibility index (Phi) is 2.96. The average Bonchev–Trinajstić information content (AvgIpc) is 2.97. The van der Waals surface area contributed by atoms with Crippen molar-refractivity contribution in [3.05, 3.63) is 29.8 Å². The number of nitrogens with two attached hydrogens (primary N) is 1. The van der Waals surface area contributed by atoms with E-state index in [1.807, 2.05) is 24.3 Å². The van der Waals surface area contributed by atoms with Crippen LogP contribution >= 0.6 is 0 Å². The quantitative estimate of drug-likeness (QED) is 0.828. The van der Waals surface area contributed by atoms with Crippen molar-refractivity contribution in [1.82, 2.24) is 5.32 Å². The number of carbonyl (C=O) groups is 1. The van der Waals surface area contributed by atoms with Gasteiger partial charge in [-0.25, -0.2) is 0 Å². The number of benzene rings is 1. The molecule has 0 aromatic heterocycles. The number of amides is 1. The fourth-order valence-electron chi connectivity index (χ4n) is 2.88. The summed E-state index contributed by atoms with van der Waals surface area (Å²) in [5, 5.41) is 3.06. The van der Waals surface area contributed by atoms with Crippen molar-refractivity contribution < 1.29 is 9.53 Å². The van der Waals surface area contributed by atoms with Gasteiger partial charge in [-0.3, -0.25) is 4.79 Å². The molecular formula is C14H18N2O2. The first-order chi connectivity index (χ1) is 8.75. The van der Waals surface area contributed by atoms with Gasteiger partial charge in [-0.05, 0) is 18.9 Å². The average molecular weight is 246 g/mol. The Balaban J connectivity index is 1.69. The number of hydrogen-bond donors (Lipinski definition) is 2. The Hall–Kier alpha value is -1.55. The van der Waals surface area contributed by atoms with Crippen LogP contribution in [0.4, 0.5) is 0 Å². The molecule has 1 aliphatic heterocycles. The van der Waals surface area contributed by atoms with E-state index in [2.05, 4.69) is 5.32 Å². The molecule has 3 rings (SSSR count). The second kappa shape index (κ2) is 4.61. The first-order valence-electron chi connectivity index (χ1n) is 6.53. The topological polar surface area (TPSA) is 64.4 Å². The van der Waals surface area contributed by atoms with Crippen molar-refractivity contribution in [2.45, 2.75) is 31.3 Å². The molecule has 1 aromatic rings. The second-order valence-corrected chi connectivity index (χ2v) is 5.11. The van der Waals surface area contributed by atoms with Crippen LogP contribution < -0.4 is 15.8 Å². The summed E-state index contributed by atoms with van der Waals surface area (Å²) in [6.45, 7) is 0.521. The van der Waals surface area contributed by atoms with Crippen molar-refractivity contribution in [2.24, 2.45) is 11.7 Å². The van der Waals surface area contributed by atoms with Gasteiger partial charge in [0.1, 0.15) is 12.4 Å². The highest BCUT2D eigenvalue weighted by Crippen LogP contribution is 2.32.